The Labute approximate surface area is 130 Å². The molecule has 0 unspecified atom stereocenters. The lowest BCUT2D eigenvalue weighted by atomic mass is 9.97. The van der Waals surface area contributed by atoms with Crippen LogP contribution in [0.15, 0.2) is 23.1 Å². The maximum absolute atomic E-state index is 12.7. The average molecular weight is 331 g/mol. The first kappa shape index (κ1) is 16.3. The predicted octanol–water partition coefficient (Wildman–Crippen LogP) is 1.80. The van der Waals surface area contributed by atoms with Gasteiger partial charge in [-0.1, -0.05) is 17.7 Å². The smallest absolute Gasteiger partial charge is 0.243 e. The number of nitrogens with zero attached hydrogens (tertiary/aromatic N) is 1. The van der Waals surface area contributed by atoms with Gasteiger partial charge in [-0.3, -0.25) is 4.79 Å². The van der Waals surface area contributed by atoms with Gasteiger partial charge in [-0.25, -0.2) is 8.42 Å². The van der Waals surface area contributed by atoms with E-state index in [1.807, 2.05) is 0 Å². The van der Waals surface area contributed by atoms with Gasteiger partial charge in [0.2, 0.25) is 15.9 Å². The minimum Gasteiger partial charge on any atom is -0.359 e. The number of sulfonamides is 1. The lowest BCUT2D eigenvalue weighted by molar-refractivity contribution is -0.125. The summed E-state index contributed by atoms with van der Waals surface area (Å²) in [5, 5.41) is 3.01. The molecular formula is C14H19ClN2O3S. The molecule has 1 heterocycles. The van der Waals surface area contributed by atoms with Crippen LogP contribution in [0.3, 0.4) is 0 Å². The molecule has 21 heavy (non-hydrogen) atoms. The SMILES string of the molecule is CNC(=O)C1CCN(S(=O)(=O)c2cc(Cl)ccc2C)CC1. The Hall–Kier alpha value is -1.11. The number of halogens is 1. The Morgan fingerprint density at radius 2 is 1.95 bits per heavy atom. The Morgan fingerprint density at radius 3 is 2.52 bits per heavy atom. The standard InChI is InChI=1S/C14H19ClN2O3S/c1-10-3-4-12(15)9-13(10)21(19,20)17-7-5-11(6-8-17)14(18)16-2/h3-4,9,11H,5-8H2,1-2H3,(H,16,18). The molecule has 0 saturated carbocycles. The van der Waals surface area contributed by atoms with E-state index >= 15 is 0 Å². The fourth-order valence-electron chi connectivity index (χ4n) is 2.55. The number of rotatable bonds is 3. The van der Waals surface area contributed by atoms with Crippen molar-refractivity contribution >= 4 is 27.5 Å². The number of aryl methyl sites for hydroxylation is 1. The molecule has 0 aliphatic carbocycles. The summed E-state index contributed by atoms with van der Waals surface area (Å²) in [7, 11) is -1.96. The predicted molar refractivity (Wildman–Crippen MR) is 81.7 cm³/mol. The quantitative estimate of drug-likeness (QED) is 0.919. The van der Waals surface area contributed by atoms with Gasteiger partial charge < -0.3 is 5.32 Å². The van der Waals surface area contributed by atoms with Gasteiger partial charge in [0.25, 0.3) is 0 Å². The van der Waals surface area contributed by atoms with Crippen LogP contribution in [-0.2, 0) is 14.8 Å². The van der Waals surface area contributed by atoms with Gasteiger partial charge in [-0.15, -0.1) is 0 Å². The van der Waals surface area contributed by atoms with E-state index in [0.717, 1.165) is 0 Å². The fourth-order valence-corrected chi connectivity index (χ4v) is 4.51. The van der Waals surface area contributed by atoms with Crippen LogP contribution >= 0.6 is 11.6 Å². The number of hydrogen-bond acceptors (Lipinski definition) is 3. The molecule has 0 radical (unpaired) electrons. The van der Waals surface area contributed by atoms with Gasteiger partial charge in [0.15, 0.2) is 0 Å². The van der Waals surface area contributed by atoms with Crippen molar-refractivity contribution in [2.75, 3.05) is 20.1 Å². The third-order valence-electron chi connectivity index (χ3n) is 3.84. The summed E-state index contributed by atoms with van der Waals surface area (Å²) >= 11 is 5.91. The van der Waals surface area contributed by atoms with Crippen LogP contribution < -0.4 is 5.32 Å². The summed E-state index contributed by atoms with van der Waals surface area (Å²) in [6.07, 6.45) is 1.08. The molecule has 1 aliphatic heterocycles. The van der Waals surface area contributed by atoms with Crippen LogP contribution in [0.2, 0.25) is 5.02 Å². The number of piperidine rings is 1. The number of nitrogens with one attached hydrogen (secondary N) is 1. The molecule has 1 fully saturated rings. The van der Waals surface area contributed by atoms with Gasteiger partial charge in [-0.05, 0) is 37.5 Å². The van der Waals surface area contributed by atoms with Crippen LogP contribution in [-0.4, -0.2) is 38.8 Å². The highest BCUT2D eigenvalue weighted by Crippen LogP contribution is 2.27. The van der Waals surface area contributed by atoms with Gasteiger partial charge in [-0.2, -0.15) is 4.31 Å². The number of hydrogen-bond donors (Lipinski definition) is 1. The minimum atomic E-state index is -3.55. The topological polar surface area (TPSA) is 66.5 Å². The molecule has 1 aromatic rings. The molecular weight excluding hydrogens is 312 g/mol. The van der Waals surface area contributed by atoms with Crippen LogP contribution in [0.5, 0.6) is 0 Å². The highest BCUT2D eigenvalue weighted by Gasteiger charge is 2.32. The first-order valence-electron chi connectivity index (χ1n) is 6.84. The summed E-state index contributed by atoms with van der Waals surface area (Å²) in [4.78, 5) is 11.8. The molecule has 1 saturated heterocycles. The molecule has 0 atom stereocenters. The van der Waals surface area contributed by atoms with Crippen LogP contribution in [0, 0.1) is 12.8 Å². The van der Waals surface area contributed by atoms with E-state index in [0.29, 0.717) is 36.5 Å². The number of benzene rings is 1. The molecule has 0 aromatic heterocycles. The highest BCUT2D eigenvalue weighted by atomic mass is 35.5. The normalized spacial score (nSPS) is 17.7. The molecule has 1 amide bonds. The Morgan fingerprint density at radius 1 is 1.33 bits per heavy atom. The summed E-state index contributed by atoms with van der Waals surface area (Å²) in [6, 6.07) is 4.86. The molecule has 7 heteroatoms. The van der Waals surface area contributed by atoms with Crippen molar-refractivity contribution in [3.63, 3.8) is 0 Å². The van der Waals surface area contributed by atoms with E-state index in [9.17, 15) is 13.2 Å². The highest BCUT2D eigenvalue weighted by molar-refractivity contribution is 7.89. The van der Waals surface area contributed by atoms with E-state index < -0.39 is 10.0 Å². The maximum Gasteiger partial charge on any atom is 0.243 e. The van der Waals surface area contributed by atoms with Gasteiger partial charge in [0, 0.05) is 31.1 Å². The zero-order valence-electron chi connectivity index (χ0n) is 12.1. The Kier molecular flexibility index (Phi) is 4.91. The number of carbonyl (C=O) groups is 1. The second-order valence-electron chi connectivity index (χ2n) is 5.20. The van der Waals surface area contributed by atoms with E-state index in [-0.39, 0.29) is 16.7 Å². The molecule has 1 N–H and O–H groups in total. The first-order chi connectivity index (χ1) is 9.86. The van der Waals surface area contributed by atoms with E-state index in [4.69, 9.17) is 11.6 Å². The molecule has 2 rings (SSSR count). The summed E-state index contributed by atoms with van der Waals surface area (Å²) in [6.45, 7) is 2.46. The van der Waals surface area contributed by atoms with Crippen molar-refractivity contribution in [1.82, 2.24) is 9.62 Å². The van der Waals surface area contributed by atoms with Crippen molar-refractivity contribution in [2.45, 2.75) is 24.7 Å². The fraction of sp³-hybridized carbons (Fsp3) is 0.500. The molecule has 5 nitrogen and oxygen atoms in total. The monoisotopic (exact) mass is 330 g/mol. The van der Waals surface area contributed by atoms with Crippen molar-refractivity contribution < 1.29 is 13.2 Å². The second kappa shape index (κ2) is 6.34. The van der Waals surface area contributed by atoms with E-state index in [2.05, 4.69) is 5.32 Å². The van der Waals surface area contributed by atoms with Gasteiger partial charge in [0.05, 0.1) is 4.90 Å². The largest absolute Gasteiger partial charge is 0.359 e. The zero-order valence-corrected chi connectivity index (χ0v) is 13.7. The van der Waals surface area contributed by atoms with Crippen LogP contribution in [0.4, 0.5) is 0 Å². The van der Waals surface area contributed by atoms with Crippen LogP contribution in [0.25, 0.3) is 0 Å². The third-order valence-corrected chi connectivity index (χ3v) is 6.11. The maximum atomic E-state index is 12.7. The van der Waals surface area contributed by atoms with E-state index in [1.165, 1.54) is 10.4 Å². The Bertz CT molecular complexity index is 638. The van der Waals surface area contributed by atoms with Crippen molar-refractivity contribution in [3.8, 4) is 0 Å². The Balaban J connectivity index is 2.19. The lowest BCUT2D eigenvalue weighted by Crippen LogP contribution is -2.42. The summed E-state index contributed by atoms with van der Waals surface area (Å²) in [5.74, 6) is -0.132. The van der Waals surface area contributed by atoms with Crippen molar-refractivity contribution in [1.29, 1.82) is 0 Å². The van der Waals surface area contributed by atoms with Gasteiger partial charge in [0.1, 0.15) is 0 Å². The van der Waals surface area contributed by atoms with Gasteiger partial charge >= 0.3 is 0 Å². The molecule has 116 valence electrons. The first-order valence-corrected chi connectivity index (χ1v) is 8.66. The summed E-state index contributed by atoms with van der Waals surface area (Å²) in [5.41, 5.74) is 0.674. The van der Waals surface area contributed by atoms with Crippen molar-refractivity contribution in [3.05, 3.63) is 28.8 Å². The molecule has 0 bridgehead atoms. The zero-order chi connectivity index (χ0) is 15.6. The van der Waals surface area contributed by atoms with Crippen LogP contribution in [0.1, 0.15) is 18.4 Å². The second-order valence-corrected chi connectivity index (χ2v) is 7.55. The molecule has 1 aromatic carbocycles. The third kappa shape index (κ3) is 3.39. The minimum absolute atomic E-state index is 0.0222. The lowest BCUT2D eigenvalue weighted by Gasteiger charge is -2.30. The number of carbonyl (C=O) groups excluding carboxylic acids is 1. The van der Waals surface area contributed by atoms with E-state index in [1.54, 1.807) is 26.1 Å². The summed E-state index contributed by atoms with van der Waals surface area (Å²) < 4.78 is 26.8. The average Bonchev–Trinajstić information content (AvgIpc) is 2.49. The van der Waals surface area contributed by atoms with Crippen molar-refractivity contribution in [2.24, 2.45) is 5.92 Å². The number of amides is 1. The molecule has 1 aliphatic rings. The molecule has 0 spiro atoms.